The minimum absolute atomic E-state index is 0.984. The standard InChI is InChI=1S/C11H15NO.C2H6/c1-8-5-10(13-2)6-9-3-4-12-7-11(8)9;1-2/h5-6,12H,3-4,7H2,1-2H3;1-2H3. The predicted molar refractivity (Wildman–Crippen MR) is 64.5 cm³/mol. The van der Waals surface area contributed by atoms with Crippen molar-refractivity contribution in [3.8, 4) is 5.75 Å². The van der Waals surface area contributed by atoms with Crippen LogP contribution in [0.2, 0.25) is 0 Å². The van der Waals surface area contributed by atoms with E-state index in [1.165, 1.54) is 16.7 Å². The minimum atomic E-state index is 0.984. The lowest BCUT2D eigenvalue weighted by Crippen LogP contribution is -2.24. The van der Waals surface area contributed by atoms with Crippen molar-refractivity contribution in [3.05, 3.63) is 28.8 Å². The van der Waals surface area contributed by atoms with Gasteiger partial charge in [0.2, 0.25) is 0 Å². The van der Waals surface area contributed by atoms with E-state index in [4.69, 9.17) is 4.74 Å². The van der Waals surface area contributed by atoms with Gasteiger partial charge in [-0.1, -0.05) is 13.8 Å². The highest BCUT2D eigenvalue weighted by Gasteiger charge is 2.11. The van der Waals surface area contributed by atoms with Crippen LogP contribution in [0.3, 0.4) is 0 Å². The van der Waals surface area contributed by atoms with E-state index in [9.17, 15) is 0 Å². The fraction of sp³-hybridized carbons (Fsp3) is 0.538. The third-order valence-electron chi connectivity index (χ3n) is 2.65. The maximum absolute atomic E-state index is 5.24. The van der Waals surface area contributed by atoms with E-state index in [0.717, 1.165) is 25.3 Å². The molecule has 15 heavy (non-hydrogen) atoms. The first-order chi connectivity index (χ1) is 7.31. The molecule has 1 heterocycles. The number of hydrogen-bond acceptors (Lipinski definition) is 2. The lowest BCUT2D eigenvalue weighted by atomic mass is 9.96. The molecule has 2 nitrogen and oxygen atoms in total. The van der Waals surface area contributed by atoms with Crippen molar-refractivity contribution < 1.29 is 4.74 Å². The van der Waals surface area contributed by atoms with E-state index in [2.05, 4.69) is 24.4 Å². The molecule has 0 unspecified atom stereocenters. The molecule has 2 rings (SSSR count). The van der Waals surface area contributed by atoms with Crippen molar-refractivity contribution in [1.29, 1.82) is 0 Å². The van der Waals surface area contributed by atoms with Gasteiger partial charge in [-0.05, 0) is 48.7 Å². The maximum atomic E-state index is 5.24. The van der Waals surface area contributed by atoms with E-state index in [1.807, 2.05) is 13.8 Å². The summed E-state index contributed by atoms with van der Waals surface area (Å²) in [7, 11) is 1.72. The Hall–Kier alpha value is -1.02. The molecule has 0 bridgehead atoms. The summed E-state index contributed by atoms with van der Waals surface area (Å²) in [4.78, 5) is 0. The van der Waals surface area contributed by atoms with Crippen LogP contribution in [-0.4, -0.2) is 13.7 Å². The largest absolute Gasteiger partial charge is 0.497 e. The molecule has 84 valence electrons. The average Bonchev–Trinajstić information content (AvgIpc) is 2.31. The van der Waals surface area contributed by atoms with Gasteiger partial charge in [0.25, 0.3) is 0 Å². The van der Waals surface area contributed by atoms with Gasteiger partial charge >= 0.3 is 0 Å². The number of nitrogens with one attached hydrogen (secondary N) is 1. The van der Waals surface area contributed by atoms with Crippen molar-refractivity contribution in [2.45, 2.75) is 33.7 Å². The lowest BCUT2D eigenvalue weighted by Gasteiger charge is -2.20. The average molecular weight is 207 g/mol. The number of ether oxygens (including phenoxy) is 1. The summed E-state index contributed by atoms with van der Waals surface area (Å²) >= 11 is 0. The topological polar surface area (TPSA) is 21.3 Å². The van der Waals surface area contributed by atoms with Gasteiger partial charge in [-0.15, -0.1) is 0 Å². The summed E-state index contributed by atoms with van der Waals surface area (Å²) in [5.74, 6) is 0.984. The quantitative estimate of drug-likeness (QED) is 0.764. The number of rotatable bonds is 1. The molecule has 1 N–H and O–H groups in total. The molecule has 0 aromatic heterocycles. The summed E-state index contributed by atoms with van der Waals surface area (Å²) in [5.41, 5.74) is 4.23. The second kappa shape index (κ2) is 5.76. The molecule has 0 saturated carbocycles. The first kappa shape index (κ1) is 12.1. The van der Waals surface area contributed by atoms with E-state index in [1.54, 1.807) is 7.11 Å². The molecule has 0 radical (unpaired) electrons. The Labute approximate surface area is 92.6 Å². The molecule has 0 amide bonds. The van der Waals surface area contributed by atoms with Crippen LogP contribution in [-0.2, 0) is 13.0 Å². The van der Waals surface area contributed by atoms with E-state index in [0.29, 0.717) is 0 Å². The molecule has 0 aliphatic carbocycles. The zero-order valence-corrected chi connectivity index (χ0v) is 10.2. The van der Waals surface area contributed by atoms with Crippen molar-refractivity contribution in [1.82, 2.24) is 5.32 Å². The van der Waals surface area contributed by atoms with Gasteiger partial charge in [-0.3, -0.25) is 0 Å². The molecule has 2 heteroatoms. The molecule has 0 spiro atoms. The van der Waals surface area contributed by atoms with Gasteiger partial charge in [0.15, 0.2) is 0 Å². The Bertz CT molecular complexity index is 321. The lowest BCUT2D eigenvalue weighted by molar-refractivity contribution is 0.413. The fourth-order valence-electron chi connectivity index (χ4n) is 1.88. The monoisotopic (exact) mass is 207 g/mol. The van der Waals surface area contributed by atoms with Gasteiger partial charge in [0.1, 0.15) is 5.75 Å². The molecular formula is C13H21NO. The highest BCUT2D eigenvalue weighted by atomic mass is 16.5. The molecule has 0 saturated heterocycles. The highest BCUT2D eigenvalue weighted by molar-refractivity contribution is 5.42. The number of fused-ring (bicyclic) bond motifs is 1. The van der Waals surface area contributed by atoms with E-state index < -0.39 is 0 Å². The van der Waals surface area contributed by atoms with Gasteiger partial charge in [-0.25, -0.2) is 0 Å². The van der Waals surface area contributed by atoms with Crippen LogP contribution in [0.15, 0.2) is 12.1 Å². The van der Waals surface area contributed by atoms with Gasteiger partial charge in [0, 0.05) is 6.54 Å². The van der Waals surface area contributed by atoms with Crippen molar-refractivity contribution in [2.24, 2.45) is 0 Å². The molecule has 1 aliphatic heterocycles. The van der Waals surface area contributed by atoms with E-state index in [-0.39, 0.29) is 0 Å². The molecule has 1 aromatic rings. The van der Waals surface area contributed by atoms with Crippen molar-refractivity contribution in [3.63, 3.8) is 0 Å². The number of methoxy groups -OCH3 is 1. The minimum Gasteiger partial charge on any atom is -0.497 e. The Kier molecular flexibility index (Phi) is 4.63. The van der Waals surface area contributed by atoms with Crippen LogP contribution >= 0.6 is 0 Å². The van der Waals surface area contributed by atoms with Crippen molar-refractivity contribution in [2.75, 3.05) is 13.7 Å². The normalized spacial score (nSPS) is 13.6. The van der Waals surface area contributed by atoms with Crippen LogP contribution in [0.4, 0.5) is 0 Å². The first-order valence-electron chi connectivity index (χ1n) is 5.68. The zero-order valence-electron chi connectivity index (χ0n) is 10.2. The van der Waals surface area contributed by atoms with Gasteiger partial charge < -0.3 is 10.1 Å². The number of hydrogen-bond donors (Lipinski definition) is 1. The van der Waals surface area contributed by atoms with Gasteiger partial charge in [0.05, 0.1) is 7.11 Å². The Morgan fingerprint density at radius 3 is 2.67 bits per heavy atom. The smallest absolute Gasteiger partial charge is 0.119 e. The maximum Gasteiger partial charge on any atom is 0.119 e. The van der Waals surface area contributed by atoms with Gasteiger partial charge in [-0.2, -0.15) is 0 Å². The number of aryl methyl sites for hydroxylation is 1. The molecule has 0 atom stereocenters. The Balaban J connectivity index is 0.000000531. The Morgan fingerprint density at radius 2 is 2.00 bits per heavy atom. The summed E-state index contributed by atoms with van der Waals surface area (Å²) in [6.45, 7) is 8.24. The second-order valence-electron chi connectivity index (χ2n) is 3.51. The summed E-state index contributed by atoms with van der Waals surface area (Å²) in [5, 5.41) is 3.38. The van der Waals surface area contributed by atoms with Crippen LogP contribution < -0.4 is 10.1 Å². The molecule has 1 aromatic carbocycles. The van der Waals surface area contributed by atoms with Crippen LogP contribution in [0.25, 0.3) is 0 Å². The second-order valence-corrected chi connectivity index (χ2v) is 3.51. The Morgan fingerprint density at radius 1 is 1.27 bits per heavy atom. The zero-order chi connectivity index (χ0) is 11.3. The fourth-order valence-corrected chi connectivity index (χ4v) is 1.88. The molecule has 0 fully saturated rings. The van der Waals surface area contributed by atoms with E-state index >= 15 is 0 Å². The summed E-state index contributed by atoms with van der Waals surface area (Å²) in [6.07, 6.45) is 1.12. The van der Waals surface area contributed by atoms with Crippen molar-refractivity contribution >= 4 is 0 Å². The third-order valence-corrected chi connectivity index (χ3v) is 2.65. The SMILES string of the molecule is CC.COc1cc(C)c2c(c1)CCNC2. The molecule has 1 aliphatic rings. The van der Waals surface area contributed by atoms with Crippen LogP contribution in [0.1, 0.15) is 30.5 Å². The summed E-state index contributed by atoms with van der Waals surface area (Å²) < 4.78 is 5.24. The molecular weight excluding hydrogens is 186 g/mol. The van der Waals surface area contributed by atoms with Crippen LogP contribution in [0, 0.1) is 6.92 Å². The predicted octanol–water partition coefficient (Wildman–Crippen LogP) is 2.68. The third kappa shape index (κ3) is 2.72. The first-order valence-corrected chi connectivity index (χ1v) is 5.68. The summed E-state index contributed by atoms with van der Waals surface area (Å²) in [6, 6.07) is 4.26. The van der Waals surface area contributed by atoms with Crippen LogP contribution in [0.5, 0.6) is 5.75 Å². The highest BCUT2D eigenvalue weighted by Crippen LogP contribution is 2.24. The number of benzene rings is 1.